The summed E-state index contributed by atoms with van der Waals surface area (Å²) in [5, 5.41) is 3.46. The average molecular weight is 256 g/mol. The Kier molecular flexibility index (Phi) is 3.67. The Morgan fingerprint density at radius 3 is 2.84 bits per heavy atom. The first-order valence-electron chi connectivity index (χ1n) is 6.91. The highest BCUT2D eigenvalue weighted by atomic mass is 16.3. The molecule has 3 heteroatoms. The quantitative estimate of drug-likeness (QED) is 0.915. The molecule has 0 aliphatic carbocycles. The molecule has 1 saturated heterocycles. The van der Waals surface area contributed by atoms with Gasteiger partial charge in [-0.3, -0.25) is 4.90 Å². The van der Waals surface area contributed by atoms with Gasteiger partial charge in [0.25, 0.3) is 0 Å². The van der Waals surface area contributed by atoms with Crippen LogP contribution in [0.25, 0.3) is 11.3 Å². The van der Waals surface area contributed by atoms with Gasteiger partial charge < -0.3 is 9.73 Å². The molecule has 2 heterocycles. The number of hydrogen-bond donors (Lipinski definition) is 1. The molecule has 100 valence electrons. The lowest BCUT2D eigenvalue weighted by atomic mass is 10.2. The van der Waals surface area contributed by atoms with Gasteiger partial charge in [0.15, 0.2) is 0 Å². The zero-order valence-corrected chi connectivity index (χ0v) is 11.3. The number of piperazine rings is 1. The predicted octanol–water partition coefficient (Wildman–Crippen LogP) is 2.74. The van der Waals surface area contributed by atoms with Crippen LogP contribution in [0.5, 0.6) is 0 Å². The molecule has 1 aliphatic heterocycles. The van der Waals surface area contributed by atoms with Gasteiger partial charge in [0.2, 0.25) is 0 Å². The molecule has 0 amide bonds. The Labute approximate surface area is 114 Å². The summed E-state index contributed by atoms with van der Waals surface area (Å²) in [6.07, 6.45) is 0. The highest BCUT2D eigenvalue weighted by Crippen LogP contribution is 2.22. The smallest absolute Gasteiger partial charge is 0.134 e. The molecule has 0 bridgehead atoms. The fourth-order valence-corrected chi connectivity index (χ4v) is 2.60. The standard InChI is InChI=1S/C16H20N2O/c1-13-11-18(10-9-17-13)12-15-7-8-16(19-15)14-5-3-2-4-6-14/h2-8,13,17H,9-12H2,1H3. The summed E-state index contributed by atoms with van der Waals surface area (Å²) in [6, 6.07) is 15.0. The fraction of sp³-hybridized carbons (Fsp3) is 0.375. The van der Waals surface area contributed by atoms with E-state index in [4.69, 9.17) is 4.42 Å². The van der Waals surface area contributed by atoms with Gasteiger partial charge in [0, 0.05) is 31.2 Å². The number of hydrogen-bond acceptors (Lipinski definition) is 3. The van der Waals surface area contributed by atoms with Gasteiger partial charge in [-0.2, -0.15) is 0 Å². The van der Waals surface area contributed by atoms with E-state index in [0.29, 0.717) is 6.04 Å². The number of nitrogens with zero attached hydrogens (tertiary/aromatic N) is 1. The molecular weight excluding hydrogens is 236 g/mol. The Bertz CT molecular complexity index is 521. The fourth-order valence-electron chi connectivity index (χ4n) is 2.60. The summed E-state index contributed by atoms with van der Waals surface area (Å²) in [7, 11) is 0. The van der Waals surface area contributed by atoms with Crippen LogP contribution in [0.1, 0.15) is 12.7 Å². The maximum Gasteiger partial charge on any atom is 0.134 e. The van der Waals surface area contributed by atoms with Gasteiger partial charge in [0.1, 0.15) is 11.5 Å². The molecule has 2 aromatic rings. The van der Waals surface area contributed by atoms with Crippen LogP contribution in [0.4, 0.5) is 0 Å². The minimum Gasteiger partial charge on any atom is -0.460 e. The Morgan fingerprint density at radius 2 is 2.05 bits per heavy atom. The molecule has 3 nitrogen and oxygen atoms in total. The summed E-state index contributed by atoms with van der Waals surface area (Å²) >= 11 is 0. The van der Waals surface area contributed by atoms with Crippen molar-refractivity contribution in [2.75, 3.05) is 19.6 Å². The van der Waals surface area contributed by atoms with E-state index in [2.05, 4.69) is 41.4 Å². The summed E-state index contributed by atoms with van der Waals surface area (Å²) < 4.78 is 5.95. The van der Waals surface area contributed by atoms with Gasteiger partial charge in [-0.25, -0.2) is 0 Å². The van der Waals surface area contributed by atoms with Gasteiger partial charge >= 0.3 is 0 Å². The lowest BCUT2D eigenvalue weighted by Crippen LogP contribution is -2.48. The summed E-state index contributed by atoms with van der Waals surface area (Å²) in [5.41, 5.74) is 1.14. The van der Waals surface area contributed by atoms with Gasteiger partial charge in [0.05, 0.1) is 6.54 Å². The van der Waals surface area contributed by atoms with Crippen molar-refractivity contribution in [3.8, 4) is 11.3 Å². The molecule has 19 heavy (non-hydrogen) atoms. The van der Waals surface area contributed by atoms with Crippen LogP contribution < -0.4 is 5.32 Å². The van der Waals surface area contributed by atoms with Crippen molar-refractivity contribution in [2.45, 2.75) is 19.5 Å². The molecule has 1 aromatic carbocycles. The predicted molar refractivity (Wildman–Crippen MR) is 76.9 cm³/mol. The van der Waals surface area contributed by atoms with Crippen molar-refractivity contribution >= 4 is 0 Å². The lowest BCUT2D eigenvalue weighted by Gasteiger charge is -2.31. The van der Waals surface area contributed by atoms with E-state index in [9.17, 15) is 0 Å². The molecule has 0 spiro atoms. The monoisotopic (exact) mass is 256 g/mol. The van der Waals surface area contributed by atoms with Crippen LogP contribution in [0.15, 0.2) is 46.9 Å². The normalized spacial score (nSPS) is 20.6. The molecule has 3 rings (SSSR count). The highest BCUT2D eigenvalue weighted by molar-refractivity contribution is 5.57. The second kappa shape index (κ2) is 5.59. The SMILES string of the molecule is CC1CN(Cc2ccc(-c3ccccc3)o2)CCN1. The molecule has 1 aromatic heterocycles. The van der Waals surface area contributed by atoms with Crippen molar-refractivity contribution in [1.82, 2.24) is 10.2 Å². The van der Waals surface area contributed by atoms with E-state index < -0.39 is 0 Å². The second-order valence-corrected chi connectivity index (χ2v) is 5.22. The van der Waals surface area contributed by atoms with Crippen LogP contribution in [-0.2, 0) is 6.54 Å². The van der Waals surface area contributed by atoms with Gasteiger partial charge in [-0.1, -0.05) is 30.3 Å². The van der Waals surface area contributed by atoms with Gasteiger partial charge in [-0.05, 0) is 19.1 Å². The van der Waals surface area contributed by atoms with Crippen molar-refractivity contribution < 1.29 is 4.42 Å². The minimum absolute atomic E-state index is 0.567. The van der Waals surface area contributed by atoms with E-state index in [0.717, 1.165) is 43.3 Å². The molecule has 1 fully saturated rings. The van der Waals surface area contributed by atoms with Crippen molar-refractivity contribution in [3.63, 3.8) is 0 Å². The summed E-state index contributed by atoms with van der Waals surface area (Å²) in [4.78, 5) is 2.44. The Morgan fingerprint density at radius 1 is 1.21 bits per heavy atom. The first-order valence-corrected chi connectivity index (χ1v) is 6.91. The average Bonchev–Trinajstić information content (AvgIpc) is 2.88. The summed E-state index contributed by atoms with van der Waals surface area (Å²) in [6.45, 7) is 6.36. The number of rotatable bonds is 3. The van der Waals surface area contributed by atoms with E-state index in [1.807, 2.05) is 18.2 Å². The third-order valence-corrected chi connectivity index (χ3v) is 3.55. The van der Waals surface area contributed by atoms with Crippen LogP contribution >= 0.6 is 0 Å². The van der Waals surface area contributed by atoms with Crippen LogP contribution in [0.2, 0.25) is 0 Å². The molecule has 0 radical (unpaired) electrons. The van der Waals surface area contributed by atoms with Crippen molar-refractivity contribution in [2.24, 2.45) is 0 Å². The summed E-state index contributed by atoms with van der Waals surface area (Å²) in [5.74, 6) is 2.01. The minimum atomic E-state index is 0.567. The third kappa shape index (κ3) is 3.06. The molecular formula is C16H20N2O. The maximum atomic E-state index is 5.95. The topological polar surface area (TPSA) is 28.4 Å². The van der Waals surface area contributed by atoms with Crippen LogP contribution in [-0.4, -0.2) is 30.6 Å². The molecule has 1 aliphatic rings. The second-order valence-electron chi connectivity index (χ2n) is 5.22. The lowest BCUT2D eigenvalue weighted by molar-refractivity contribution is 0.187. The van der Waals surface area contributed by atoms with Crippen LogP contribution in [0, 0.1) is 0 Å². The maximum absolute atomic E-state index is 5.95. The highest BCUT2D eigenvalue weighted by Gasteiger charge is 2.16. The Hall–Kier alpha value is -1.58. The van der Waals surface area contributed by atoms with E-state index in [-0.39, 0.29) is 0 Å². The van der Waals surface area contributed by atoms with E-state index in [1.165, 1.54) is 0 Å². The van der Waals surface area contributed by atoms with Crippen molar-refractivity contribution in [3.05, 3.63) is 48.2 Å². The largest absolute Gasteiger partial charge is 0.460 e. The first kappa shape index (κ1) is 12.5. The number of furan rings is 1. The van der Waals surface area contributed by atoms with E-state index >= 15 is 0 Å². The zero-order chi connectivity index (χ0) is 13.1. The van der Waals surface area contributed by atoms with Crippen molar-refractivity contribution in [1.29, 1.82) is 0 Å². The number of benzene rings is 1. The Balaban J connectivity index is 1.68. The van der Waals surface area contributed by atoms with Gasteiger partial charge in [-0.15, -0.1) is 0 Å². The molecule has 1 unspecified atom stereocenters. The molecule has 0 saturated carbocycles. The first-order chi connectivity index (χ1) is 9.31. The number of nitrogens with one attached hydrogen (secondary N) is 1. The third-order valence-electron chi connectivity index (χ3n) is 3.55. The molecule has 1 N–H and O–H groups in total. The van der Waals surface area contributed by atoms with Crippen LogP contribution in [0.3, 0.4) is 0 Å². The van der Waals surface area contributed by atoms with E-state index in [1.54, 1.807) is 0 Å². The molecule has 1 atom stereocenters. The zero-order valence-electron chi connectivity index (χ0n) is 11.3.